The monoisotopic (exact) mass is 192 g/mol. The second-order valence-corrected chi connectivity index (χ2v) is 4.18. The fraction of sp³-hybridized carbons (Fsp3) is 1.00. The molecule has 0 aromatic rings. The van der Waals surface area contributed by atoms with Crippen LogP contribution in [0.3, 0.4) is 0 Å². The summed E-state index contributed by atoms with van der Waals surface area (Å²) < 4.78 is 0. The molecule has 0 radical (unpaired) electrons. The first-order valence-corrected chi connectivity index (χ1v) is 4.44. The molecule has 0 aromatic carbocycles. The highest BCUT2D eigenvalue weighted by Crippen LogP contribution is 2.28. The van der Waals surface area contributed by atoms with Gasteiger partial charge in [-0.1, -0.05) is 22.9 Å². The van der Waals surface area contributed by atoms with E-state index in [4.69, 9.17) is 0 Å². The van der Waals surface area contributed by atoms with Crippen LogP contribution in [0.25, 0.3) is 0 Å². The van der Waals surface area contributed by atoms with Crippen LogP contribution in [-0.2, 0) is 0 Å². The van der Waals surface area contributed by atoms with E-state index in [0.29, 0.717) is 10.7 Å². The van der Waals surface area contributed by atoms with Crippen molar-refractivity contribution in [3.8, 4) is 0 Å². The van der Waals surface area contributed by atoms with Crippen LogP contribution in [0.5, 0.6) is 0 Å². The van der Waals surface area contributed by atoms with Gasteiger partial charge in [-0.15, -0.1) is 0 Å². The lowest BCUT2D eigenvalue weighted by atomic mass is 9.89. The second-order valence-electron chi connectivity index (χ2n) is 3.00. The largest absolute Gasteiger partial charge is 0.392 e. The first-order chi connectivity index (χ1) is 4.20. The van der Waals surface area contributed by atoms with Crippen LogP contribution >= 0.6 is 15.9 Å². The Hall–Kier alpha value is 0.440. The Morgan fingerprint density at radius 3 is 2.56 bits per heavy atom. The molecule has 0 aliphatic heterocycles. The van der Waals surface area contributed by atoms with E-state index in [-0.39, 0.29) is 6.10 Å². The molecule has 0 heterocycles. The Morgan fingerprint density at radius 2 is 2.11 bits per heavy atom. The summed E-state index contributed by atoms with van der Waals surface area (Å²) in [5, 5.41) is 9.30. The molecule has 1 saturated carbocycles. The maximum absolute atomic E-state index is 9.30. The summed E-state index contributed by atoms with van der Waals surface area (Å²) in [4.78, 5) is 0.355. The van der Waals surface area contributed by atoms with E-state index in [1.54, 1.807) is 0 Å². The summed E-state index contributed by atoms with van der Waals surface area (Å²) in [6, 6.07) is 0. The minimum absolute atomic E-state index is 0.103. The third-order valence-corrected chi connectivity index (χ3v) is 3.06. The highest BCUT2D eigenvalue weighted by Gasteiger charge is 2.24. The average molecular weight is 193 g/mol. The van der Waals surface area contributed by atoms with Gasteiger partial charge in [0.25, 0.3) is 0 Å². The average Bonchev–Trinajstić information content (AvgIpc) is 1.80. The SMILES string of the molecule is CC1CCC(Br)C(O)C1. The van der Waals surface area contributed by atoms with Gasteiger partial charge >= 0.3 is 0 Å². The highest BCUT2D eigenvalue weighted by molar-refractivity contribution is 9.09. The van der Waals surface area contributed by atoms with Gasteiger partial charge in [0.15, 0.2) is 0 Å². The third-order valence-electron chi connectivity index (χ3n) is 2.00. The van der Waals surface area contributed by atoms with Crippen molar-refractivity contribution in [3.63, 3.8) is 0 Å². The van der Waals surface area contributed by atoms with Crippen molar-refractivity contribution >= 4 is 15.9 Å². The number of hydrogen-bond acceptors (Lipinski definition) is 1. The topological polar surface area (TPSA) is 20.2 Å². The van der Waals surface area contributed by atoms with Gasteiger partial charge in [-0.25, -0.2) is 0 Å². The van der Waals surface area contributed by atoms with Crippen molar-refractivity contribution in [2.24, 2.45) is 5.92 Å². The Labute approximate surface area is 64.6 Å². The maximum atomic E-state index is 9.30. The van der Waals surface area contributed by atoms with E-state index in [1.165, 1.54) is 6.42 Å². The lowest BCUT2D eigenvalue weighted by Crippen LogP contribution is -2.28. The normalized spacial score (nSPS) is 45.0. The van der Waals surface area contributed by atoms with Gasteiger partial charge in [-0.2, -0.15) is 0 Å². The van der Waals surface area contributed by atoms with Gasteiger partial charge in [0.2, 0.25) is 0 Å². The number of alkyl halides is 1. The summed E-state index contributed by atoms with van der Waals surface area (Å²) in [7, 11) is 0. The van der Waals surface area contributed by atoms with Crippen LogP contribution in [0.1, 0.15) is 26.2 Å². The molecule has 0 bridgehead atoms. The Kier molecular flexibility index (Phi) is 2.53. The molecule has 2 heteroatoms. The summed E-state index contributed by atoms with van der Waals surface area (Å²) >= 11 is 3.43. The van der Waals surface area contributed by atoms with Crippen molar-refractivity contribution < 1.29 is 5.11 Å². The lowest BCUT2D eigenvalue weighted by Gasteiger charge is -2.27. The van der Waals surface area contributed by atoms with E-state index in [2.05, 4.69) is 22.9 Å². The van der Waals surface area contributed by atoms with Crippen LogP contribution in [-0.4, -0.2) is 16.0 Å². The number of aliphatic hydroxyl groups excluding tert-OH is 1. The van der Waals surface area contributed by atoms with E-state index < -0.39 is 0 Å². The maximum Gasteiger partial charge on any atom is 0.0667 e. The Morgan fingerprint density at radius 1 is 1.44 bits per heavy atom. The molecule has 9 heavy (non-hydrogen) atoms. The van der Waals surface area contributed by atoms with Crippen molar-refractivity contribution in [3.05, 3.63) is 0 Å². The molecule has 1 aliphatic rings. The van der Waals surface area contributed by atoms with Crippen molar-refractivity contribution in [1.82, 2.24) is 0 Å². The van der Waals surface area contributed by atoms with Gasteiger partial charge in [-0.3, -0.25) is 0 Å². The summed E-state index contributed by atoms with van der Waals surface area (Å²) in [5.74, 6) is 0.716. The zero-order valence-electron chi connectivity index (χ0n) is 5.68. The zero-order chi connectivity index (χ0) is 6.85. The standard InChI is InChI=1S/C7H13BrO/c1-5-2-3-6(8)7(9)4-5/h5-7,9H,2-4H2,1H3. The molecule has 0 saturated heterocycles. The second kappa shape index (κ2) is 3.02. The van der Waals surface area contributed by atoms with Crippen LogP contribution in [0.4, 0.5) is 0 Å². The molecule has 1 fully saturated rings. The van der Waals surface area contributed by atoms with Gasteiger partial charge in [0.05, 0.1) is 6.10 Å². The Bertz CT molecular complexity index is 94.9. The van der Waals surface area contributed by atoms with Crippen molar-refractivity contribution in [2.75, 3.05) is 0 Å². The van der Waals surface area contributed by atoms with Crippen LogP contribution in [0, 0.1) is 5.92 Å². The summed E-state index contributed by atoms with van der Waals surface area (Å²) in [6.07, 6.45) is 3.25. The molecule has 0 amide bonds. The minimum Gasteiger partial charge on any atom is -0.392 e. The smallest absolute Gasteiger partial charge is 0.0667 e. The quantitative estimate of drug-likeness (QED) is 0.583. The first-order valence-electron chi connectivity index (χ1n) is 3.52. The third kappa shape index (κ3) is 1.94. The minimum atomic E-state index is -0.103. The molecule has 1 N–H and O–H groups in total. The molecule has 1 aliphatic carbocycles. The molecule has 1 rings (SSSR count). The molecule has 3 atom stereocenters. The predicted molar refractivity (Wildman–Crippen MR) is 41.7 cm³/mol. The van der Waals surface area contributed by atoms with E-state index in [0.717, 1.165) is 12.8 Å². The highest BCUT2D eigenvalue weighted by atomic mass is 79.9. The van der Waals surface area contributed by atoms with E-state index >= 15 is 0 Å². The van der Waals surface area contributed by atoms with Crippen molar-refractivity contribution in [2.45, 2.75) is 37.1 Å². The Balaban J connectivity index is 2.35. The first kappa shape index (κ1) is 7.55. The molecule has 54 valence electrons. The van der Waals surface area contributed by atoms with Crippen LogP contribution in [0.2, 0.25) is 0 Å². The number of aliphatic hydroxyl groups is 1. The fourth-order valence-corrected chi connectivity index (χ4v) is 1.79. The van der Waals surface area contributed by atoms with Gasteiger partial charge in [0.1, 0.15) is 0 Å². The molecular formula is C7H13BrO. The van der Waals surface area contributed by atoms with E-state index in [9.17, 15) is 5.11 Å². The fourth-order valence-electron chi connectivity index (χ4n) is 1.31. The van der Waals surface area contributed by atoms with E-state index in [1.807, 2.05) is 0 Å². The molecular weight excluding hydrogens is 180 g/mol. The molecule has 0 aromatic heterocycles. The van der Waals surface area contributed by atoms with Crippen LogP contribution < -0.4 is 0 Å². The predicted octanol–water partition coefficient (Wildman–Crippen LogP) is 1.93. The summed E-state index contributed by atoms with van der Waals surface area (Å²) in [6.45, 7) is 2.20. The van der Waals surface area contributed by atoms with Crippen molar-refractivity contribution in [1.29, 1.82) is 0 Å². The van der Waals surface area contributed by atoms with Gasteiger partial charge in [-0.05, 0) is 25.2 Å². The molecule has 1 nitrogen and oxygen atoms in total. The lowest BCUT2D eigenvalue weighted by molar-refractivity contribution is 0.115. The number of halogens is 1. The van der Waals surface area contributed by atoms with Crippen LogP contribution in [0.15, 0.2) is 0 Å². The number of hydrogen-bond donors (Lipinski definition) is 1. The molecule has 0 spiro atoms. The summed E-state index contributed by atoms with van der Waals surface area (Å²) in [5.41, 5.74) is 0. The van der Waals surface area contributed by atoms with Gasteiger partial charge in [0, 0.05) is 4.83 Å². The number of rotatable bonds is 0. The zero-order valence-corrected chi connectivity index (χ0v) is 7.26. The molecule has 3 unspecified atom stereocenters. The van der Waals surface area contributed by atoms with Gasteiger partial charge < -0.3 is 5.11 Å².